The monoisotopic (exact) mass is 322 g/mol. The molecule has 124 valence electrons. The van der Waals surface area contributed by atoms with Gasteiger partial charge in [-0.3, -0.25) is 4.79 Å². The Morgan fingerprint density at radius 2 is 1.92 bits per heavy atom. The maximum atomic E-state index is 11.7. The first-order valence-electron chi connectivity index (χ1n) is 8.14. The first-order valence-corrected chi connectivity index (χ1v) is 8.14. The van der Waals surface area contributed by atoms with Gasteiger partial charge in [0.25, 0.3) is 0 Å². The maximum absolute atomic E-state index is 11.7. The van der Waals surface area contributed by atoms with E-state index >= 15 is 0 Å². The summed E-state index contributed by atoms with van der Waals surface area (Å²) in [5.74, 6) is 1.47. The molecule has 0 atom stereocenters. The number of carbonyl (C=O) groups is 1. The molecule has 0 saturated carbocycles. The number of fused-ring (bicyclic) bond motifs is 3. The number of ether oxygens (including phenoxy) is 1. The summed E-state index contributed by atoms with van der Waals surface area (Å²) in [5, 5.41) is 1.92. The van der Waals surface area contributed by atoms with Crippen LogP contribution in [0.5, 0.6) is 5.75 Å². The Morgan fingerprint density at radius 3 is 2.50 bits per heavy atom. The van der Waals surface area contributed by atoms with Gasteiger partial charge in [-0.2, -0.15) is 0 Å². The zero-order chi connectivity index (χ0) is 17.4. The van der Waals surface area contributed by atoms with Crippen LogP contribution in [0.3, 0.4) is 0 Å². The molecule has 4 heteroatoms. The molecular formula is C20H22N2O2. The van der Waals surface area contributed by atoms with E-state index in [1.54, 1.807) is 0 Å². The second-order valence-corrected chi connectivity index (χ2v) is 6.58. The van der Waals surface area contributed by atoms with E-state index < -0.39 is 0 Å². The van der Waals surface area contributed by atoms with Crippen LogP contribution in [-0.2, 0) is 11.2 Å². The van der Waals surface area contributed by atoms with E-state index in [0.29, 0.717) is 12.2 Å². The van der Waals surface area contributed by atoms with E-state index in [9.17, 15) is 4.79 Å². The van der Waals surface area contributed by atoms with Gasteiger partial charge in [-0.25, -0.2) is 4.98 Å². The average Bonchev–Trinajstić information content (AvgIpc) is 2.95. The molecule has 0 aliphatic heterocycles. The van der Waals surface area contributed by atoms with Gasteiger partial charge in [-0.1, -0.05) is 50.3 Å². The highest BCUT2D eigenvalue weighted by atomic mass is 16.5. The molecule has 0 saturated heterocycles. The molecule has 4 nitrogen and oxygen atoms in total. The van der Waals surface area contributed by atoms with Gasteiger partial charge in [0, 0.05) is 29.2 Å². The predicted octanol–water partition coefficient (Wildman–Crippen LogP) is 4.88. The van der Waals surface area contributed by atoms with Crippen LogP contribution in [-0.4, -0.2) is 15.9 Å². The number of hydrogen-bond acceptors (Lipinski definition) is 3. The SMILES string of the molecule is C=C(C)Cc1c(OC(C)=O)c2ccccc2c2[nH]c(C(C)C)nc12. The molecule has 3 aromatic rings. The Balaban J connectivity index is 2.46. The van der Waals surface area contributed by atoms with Gasteiger partial charge in [0.15, 0.2) is 0 Å². The molecule has 0 unspecified atom stereocenters. The van der Waals surface area contributed by atoms with Crippen molar-refractivity contribution in [3.05, 3.63) is 47.8 Å². The third-order valence-corrected chi connectivity index (χ3v) is 3.99. The number of H-pyrrole nitrogens is 1. The lowest BCUT2D eigenvalue weighted by atomic mass is 9.98. The minimum Gasteiger partial charge on any atom is -0.426 e. The molecule has 0 amide bonds. The van der Waals surface area contributed by atoms with Crippen molar-refractivity contribution in [2.24, 2.45) is 0 Å². The topological polar surface area (TPSA) is 55.0 Å². The van der Waals surface area contributed by atoms with E-state index in [1.165, 1.54) is 6.92 Å². The van der Waals surface area contributed by atoms with Crippen molar-refractivity contribution in [2.75, 3.05) is 0 Å². The van der Waals surface area contributed by atoms with Crippen LogP contribution >= 0.6 is 0 Å². The molecule has 0 bridgehead atoms. The second kappa shape index (κ2) is 6.11. The molecule has 3 rings (SSSR count). The lowest BCUT2D eigenvalue weighted by Gasteiger charge is -2.14. The van der Waals surface area contributed by atoms with Crippen molar-refractivity contribution >= 4 is 27.8 Å². The largest absolute Gasteiger partial charge is 0.426 e. The minimum absolute atomic E-state index is 0.283. The van der Waals surface area contributed by atoms with E-state index in [4.69, 9.17) is 9.72 Å². The number of imidazole rings is 1. The molecule has 2 aromatic carbocycles. The van der Waals surface area contributed by atoms with Gasteiger partial charge < -0.3 is 9.72 Å². The number of aromatic amines is 1. The first-order chi connectivity index (χ1) is 11.4. The molecule has 0 fully saturated rings. The molecule has 0 aliphatic carbocycles. The number of rotatable bonds is 4. The lowest BCUT2D eigenvalue weighted by Crippen LogP contribution is -2.06. The smallest absolute Gasteiger partial charge is 0.308 e. The fraction of sp³-hybridized carbons (Fsp3) is 0.300. The van der Waals surface area contributed by atoms with Gasteiger partial charge in [0.1, 0.15) is 11.6 Å². The van der Waals surface area contributed by atoms with Crippen LogP contribution in [0.25, 0.3) is 21.8 Å². The summed E-state index contributed by atoms with van der Waals surface area (Å²) in [4.78, 5) is 19.9. The summed E-state index contributed by atoms with van der Waals surface area (Å²) in [6, 6.07) is 7.93. The average molecular weight is 322 g/mol. The second-order valence-electron chi connectivity index (χ2n) is 6.58. The maximum Gasteiger partial charge on any atom is 0.308 e. The predicted molar refractivity (Wildman–Crippen MR) is 97.5 cm³/mol. The van der Waals surface area contributed by atoms with Crippen LogP contribution in [0.2, 0.25) is 0 Å². The summed E-state index contributed by atoms with van der Waals surface area (Å²) in [5.41, 5.74) is 3.75. The van der Waals surface area contributed by atoms with Crippen molar-refractivity contribution in [1.29, 1.82) is 0 Å². The van der Waals surface area contributed by atoms with Gasteiger partial charge in [0.05, 0.1) is 11.0 Å². The minimum atomic E-state index is -0.331. The lowest BCUT2D eigenvalue weighted by molar-refractivity contribution is -0.131. The number of allylic oxidation sites excluding steroid dienone is 1. The van der Waals surface area contributed by atoms with Crippen molar-refractivity contribution in [3.63, 3.8) is 0 Å². The Morgan fingerprint density at radius 1 is 1.25 bits per heavy atom. The fourth-order valence-electron chi connectivity index (χ4n) is 2.97. The quantitative estimate of drug-likeness (QED) is 0.423. The standard InChI is InChI=1S/C20H22N2O2/c1-11(2)10-16-18-17(21-20(22-18)12(3)4)14-8-6-7-9-15(14)19(16)24-13(5)23/h6-9,12H,1,10H2,2-5H3,(H,21,22). The third kappa shape index (κ3) is 2.80. The highest BCUT2D eigenvalue weighted by Gasteiger charge is 2.20. The van der Waals surface area contributed by atoms with E-state index in [0.717, 1.165) is 38.8 Å². The Hall–Kier alpha value is -2.62. The van der Waals surface area contributed by atoms with E-state index in [1.807, 2.05) is 31.2 Å². The molecule has 0 radical (unpaired) electrons. The van der Waals surface area contributed by atoms with Crippen molar-refractivity contribution in [1.82, 2.24) is 9.97 Å². The molecule has 1 heterocycles. The first kappa shape index (κ1) is 16.2. The Labute approximate surface area is 141 Å². The van der Waals surface area contributed by atoms with Crippen LogP contribution in [0.15, 0.2) is 36.4 Å². The highest BCUT2D eigenvalue weighted by molar-refractivity contribution is 6.10. The molecule has 1 aromatic heterocycles. The highest BCUT2D eigenvalue weighted by Crippen LogP contribution is 2.39. The number of hydrogen-bond donors (Lipinski definition) is 1. The zero-order valence-corrected chi connectivity index (χ0v) is 14.6. The molecular weight excluding hydrogens is 300 g/mol. The molecule has 0 spiro atoms. The molecule has 1 N–H and O–H groups in total. The number of esters is 1. The van der Waals surface area contributed by atoms with Crippen LogP contribution in [0, 0.1) is 0 Å². The Kier molecular flexibility index (Phi) is 4.14. The van der Waals surface area contributed by atoms with Crippen LogP contribution in [0.1, 0.15) is 45.0 Å². The number of nitrogens with zero attached hydrogens (tertiary/aromatic N) is 1. The van der Waals surface area contributed by atoms with Gasteiger partial charge in [-0.05, 0) is 13.3 Å². The van der Waals surface area contributed by atoms with E-state index in [-0.39, 0.29) is 11.9 Å². The van der Waals surface area contributed by atoms with Crippen LogP contribution < -0.4 is 4.74 Å². The normalized spacial score (nSPS) is 11.4. The van der Waals surface area contributed by atoms with Gasteiger partial charge in [0.2, 0.25) is 0 Å². The number of benzene rings is 2. The third-order valence-electron chi connectivity index (χ3n) is 3.99. The number of carbonyl (C=O) groups excluding carboxylic acids is 1. The summed E-state index contributed by atoms with van der Waals surface area (Å²) in [6.07, 6.45) is 0.617. The summed E-state index contributed by atoms with van der Waals surface area (Å²) in [7, 11) is 0. The Bertz CT molecular complexity index is 951. The number of aromatic nitrogens is 2. The van der Waals surface area contributed by atoms with Crippen molar-refractivity contribution < 1.29 is 9.53 Å². The molecule has 0 aliphatic rings. The van der Waals surface area contributed by atoms with Crippen molar-refractivity contribution in [3.8, 4) is 5.75 Å². The zero-order valence-electron chi connectivity index (χ0n) is 14.6. The summed E-state index contributed by atoms with van der Waals surface area (Å²) < 4.78 is 5.60. The summed E-state index contributed by atoms with van der Waals surface area (Å²) >= 11 is 0. The summed E-state index contributed by atoms with van der Waals surface area (Å²) in [6.45, 7) is 11.6. The molecule has 24 heavy (non-hydrogen) atoms. The van der Waals surface area contributed by atoms with E-state index in [2.05, 4.69) is 25.4 Å². The fourth-order valence-corrected chi connectivity index (χ4v) is 2.97. The van der Waals surface area contributed by atoms with Crippen molar-refractivity contribution in [2.45, 2.75) is 40.0 Å². The van der Waals surface area contributed by atoms with Crippen LogP contribution in [0.4, 0.5) is 0 Å². The number of nitrogens with one attached hydrogen (secondary N) is 1. The van der Waals surface area contributed by atoms with Gasteiger partial charge in [-0.15, -0.1) is 0 Å². The van der Waals surface area contributed by atoms with Gasteiger partial charge >= 0.3 is 5.97 Å².